The van der Waals surface area contributed by atoms with Crippen molar-refractivity contribution in [3.63, 3.8) is 0 Å². The van der Waals surface area contributed by atoms with Crippen LogP contribution in [0, 0.1) is 10.1 Å². The van der Waals surface area contributed by atoms with E-state index in [-0.39, 0.29) is 27.8 Å². The number of carbonyl (C=O) groups is 1. The van der Waals surface area contributed by atoms with E-state index in [2.05, 4.69) is 15.9 Å². The summed E-state index contributed by atoms with van der Waals surface area (Å²) in [5, 5.41) is 20.3. The van der Waals surface area contributed by atoms with E-state index >= 15 is 0 Å². The summed E-state index contributed by atoms with van der Waals surface area (Å²) in [7, 11) is 0. The molecule has 0 aromatic heterocycles. The predicted molar refractivity (Wildman–Crippen MR) is 79.3 cm³/mol. The van der Waals surface area contributed by atoms with Gasteiger partial charge in [0.2, 0.25) is 5.75 Å². The number of carboxylic acid groups (broad SMARTS) is 1. The second-order valence-electron chi connectivity index (χ2n) is 3.92. The average Bonchev–Trinajstić information content (AvgIpc) is 2.38. The summed E-state index contributed by atoms with van der Waals surface area (Å²) < 4.78 is 5.96. The lowest BCUT2D eigenvalue weighted by molar-refractivity contribution is -0.385. The monoisotopic (exact) mass is 371 g/mol. The number of benzene rings is 2. The van der Waals surface area contributed by atoms with Crippen molar-refractivity contribution in [1.29, 1.82) is 0 Å². The van der Waals surface area contributed by atoms with Crippen LogP contribution >= 0.6 is 27.5 Å². The zero-order valence-corrected chi connectivity index (χ0v) is 12.6. The smallest absolute Gasteiger partial charge is 0.339 e. The van der Waals surface area contributed by atoms with E-state index in [4.69, 9.17) is 21.4 Å². The highest BCUT2D eigenvalue weighted by molar-refractivity contribution is 9.10. The van der Waals surface area contributed by atoms with Gasteiger partial charge in [-0.25, -0.2) is 4.79 Å². The number of nitro benzene ring substituents is 1. The van der Waals surface area contributed by atoms with E-state index < -0.39 is 10.9 Å². The van der Waals surface area contributed by atoms with Gasteiger partial charge >= 0.3 is 11.7 Å². The van der Waals surface area contributed by atoms with Gasteiger partial charge in [-0.1, -0.05) is 27.5 Å². The highest BCUT2D eigenvalue weighted by Crippen LogP contribution is 2.36. The fraction of sp³-hybridized carbons (Fsp3) is 0. The Hall–Kier alpha value is -2.12. The normalized spacial score (nSPS) is 10.2. The highest BCUT2D eigenvalue weighted by atomic mass is 79.9. The van der Waals surface area contributed by atoms with E-state index in [1.807, 2.05) is 0 Å². The average molecular weight is 373 g/mol. The molecule has 6 nitrogen and oxygen atoms in total. The quantitative estimate of drug-likeness (QED) is 0.630. The van der Waals surface area contributed by atoms with Crippen molar-refractivity contribution in [3.05, 3.63) is 61.6 Å². The van der Waals surface area contributed by atoms with Crippen LogP contribution in [0.1, 0.15) is 10.4 Å². The first-order chi connectivity index (χ1) is 9.88. The summed E-state index contributed by atoms with van der Waals surface area (Å²) in [6, 6.07) is 8.07. The van der Waals surface area contributed by atoms with Gasteiger partial charge < -0.3 is 9.84 Å². The van der Waals surface area contributed by atoms with Crippen LogP contribution in [0.4, 0.5) is 5.69 Å². The fourth-order valence-corrected chi connectivity index (χ4v) is 2.10. The molecule has 0 saturated carbocycles. The van der Waals surface area contributed by atoms with Gasteiger partial charge in [0.1, 0.15) is 11.3 Å². The molecule has 0 atom stereocenters. The molecule has 108 valence electrons. The third-order valence-electron chi connectivity index (χ3n) is 2.51. The predicted octanol–water partition coefficient (Wildman–Crippen LogP) is 4.50. The number of hydrogen-bond donors (Lipinski definition) is 1. The number of rotatable bonds is 4. The van der Waals surface area contributed by atoms with E-state index in [9.17, 15) is 14.9 Å². The lowest BCUT2D eigenvalue weighted by atomic mass is 10.2. The van der Waals surface area contributed by atoms with Crippen molar-refractivity contribution in [3.8, 4) is 11.5 Å². The molecule has 0 heterocycles. The minimum absolute atomic E-state index is 0.0257. The largest absolute Gasteiger partial charge is 0.478 e. The van der Waals surface area contributed by atoms with Crippen molar-refractivity contribution in [2.75, 3.05) is 0 Å². The molecule has 1 N–H and O–H groups in total. The Labute approximate surface area is 132 Å². The maximum absolute atomic E-state index is 11.2. The van der Waals surface area contributed by atoms with Crippen molar-refractivity contribution < 1.29 is 19.6 Å². The molecular weight excluding hydrogens is 366 g/mol. The van der Waals surface area contributed by atoms with E-state index in [0.717, 1.165) is 0 Å². The van der Waals surface area contributed by atoms with Gasteiger partial charge in [-0.2, -0.15) is 0 Å². The van der Waals surface area contributed by atoms with Gasteiger partial charge in [-0.15, -0.1) is 0 Å². The fourth-order valence-electron chi connectivity index (χ4n) is 1.60. The SMILES string of the molecule is O=C(O)c1ccc(Br)cc1Oc1cc(Cl)ccc1[N+](=O)[O-]. The van der Waals surface area contributed by atoms with Crippen molar-refractivity contribution >= 4 is 39.2 Å². The van der Waals surface area contributed by atoms with E-state index in [0.29, 0.717) is 4.47 Å². The number of hydrogen-bond acceptors (Lipinski definition) is 4. The first kappa shape index (κ1) is 15.3. The Kier molecular flexibility index (Phi) is 4.44. The van der Waals surface area contributed by atoms with Crippen LogP contribution in [0.2, 0.25) is 5.02 Å². The minimum Gasteiger partial charge on any atom is -0.478 e. The van der Waals surface area contributed by atoms with E-state index in [1.54, 1.807) is 0 Å². The van der Waals surface area contributed by atoms with Crippen LogP contribution in [0.3, 0.4) is 0 Å². The van der Waals surface area contributed by atoms with E-state index in [1.165, 1.54) is 36.4 Å². The zero-order chi connectivity index (χ0) is 15.6. The van der Waals surface area contributed by atoms with Crippen LogP contribution in [0.25, 0.3) is 0 Å². The zero-order valence-electron chi connectivity index (χ0n) is 10.2. The van der Waals surface area contributed by atoms with Gasteiger partial charge in [0.05, 0.1) is 4.92 Å². The topological polar surface area (TPSA) is 89.7 Å². The second-order valence-corrected chi connectivity index (χ2v) is 5.27. The van der Waals surface area contributed by atoms with Crippen LogP contribution in [-0.2, 0) is 0 Å². The summed E-state index contributed by atoms with van der Waals surface area (Å²) >= 11 is 8.98. The first-order valence-electron chi connectivity index (χ1n) is 5.53. The molecule has 0 bridgehead atoms. The summed E-state index contributed by atoms with van der Waals surface area (Å²) in [4.78, 5) is 21.5. The number of carboxylic acids is 1. The Balaban J connectivity index is 2.52. The molecule has 0 fully saturated rings. The molecule has 0 radical (unpaired) electrons. The lowest BCUT2D eigenvalue weighted by Crippen LogP contribution is -2.01. The van der Waals surface area contributed by atoms with Gasteiger partial charge in [0.15, 0.2) is 0 Å². The lowest BCUT2D eigenvalue weighted by Gasteiger charge is -2.09. The maximum Gasteiger partial charge on any atom is 0.339 e. The summed E-state index contributed by atoms with van der Waals surface area (Å²) in [5.74, 6) is -1.36. The molecule has 21 heavy (non-hydrogen) atoms. The number of aromatic carboxylic acids is 1. The molecule has 0 aliphatic rings. The molecule has 0 spiro atoms. The third kappa shape index (κ3) is 3.50. The number of nitrogens with zero attached hydrogens (tertiary/aromatic N) is 1. The van der Waals surface area contributed by atoms with Crippen LogP contribution in [-0.4, -0.2) is 16.0 Å². The Morgan fingerprint density at radius 3 is 2.57 bits per heavy atom. The Bertz CT molecular complexity index is 673. The standard InChI is InChI=1S/C13H7BrClNO5/c14-7-1-3-9(13(17)18)11(5-7)21-12-6-8(15)2-4-10(12)16(19)20/h1-6H,(H,17,18). The van der Waals surface area contributed by atoms with Crippen molar-refractivity contribution in [2.24, 2.45) is 0 Å². The van der Waals surface area contributed by atoms with Gasteiger partial charge in [-0.3, -0.25) is 10.1 Å². The van der Waals surface area contributed by atoms with Gasteiger partial charge in [0, 0.05) is 21.6 Å². The molecule has 2 aromatic carbocycles. The maximum atomic E-state index is 11.2. The van der Waals surface area contributed by atoms with Crippen LogP contribution in [0.5, 0.6) is 11.5 Å². The highest BCUT2D eigenvalue weighted by Gasteiger charge is 2.19. The summed E-state index contributed by atoms with van der Waals surface area (Å²) in [6.45, 7) is 0. The molecule has 0 aliphatic heterocycles. The molecule has 2 rings (SSSR count). The van der Waals surface area contributed by atoms with Gasteiger partial charge in [-0.05, 0) is 24.3 Å². The molecule has 8 heteroatoms. The molecule has 0 unspecified atom stereocenters. The second kappa shape index (κ2) is 6.11. The first-order valence-corrected chi connectivity index (χ1v) is 6.70. The third-order valence-corrected chi connectivity index (χ3v) is 3.24. The Morgan fingerprint density at radius 1 is 1.24 bits per heavy atom. The van der Waals surface area contributed by atoms with Crippen molar-refractivity contribution in [2.45, 2.75) is 0 Å². The number of nitro groups is 1. The molecule has 0 aliphatic carbocycles. The van der Waals surface area contributed by atoms with Gasteiger partial charge in [0.25, 0.3) is 0 Å². The molecular formula is C13H7BrClNO5. The van der Waals surface area contributed by atoms with Crippen LogP contribution in [0.15, 0.2) is 40.9 Å². The summed E-state index contributed by atoms with van der Waals surface area (Å²) in [5.41, 5.74) is -0.428. The van der Waals surface area contributed by atoms with Crippen molar-refractivity contribution in [1.82, 2.24) is 0 Å². The molecule has 0 amide bonds. The Morgan fingerprint density at radius 2 is 1.95 bits per heavy atom. The summed E-state index contributed by atoms with van der Waals surface area (Å²) in [6.07, 6.45) is 0. The molecule has 2 aromatic rings. The number of halogens is 2. The minimum atomic E-state index is -1.21. The molecule has 0 saturated heterocycles. The number of ether oxygens (including phenoxy) is 1. The van der Waals surface area contributed by atoms with Crippen LogP contribution < -0.4 is 4.74 Å².